The molecule has 0 bridgehead atoms. The van der Waals surface area contributed by atoms with Gasteiger partial charge in [0.15, 0.2) is 0 Å². The Labute approximate surface area is 97.9 Å². The molecule has 1 atom stereocenters. The van der Waals surface area contributed by atoms with Gasteiger partial charge in [-0.25, -0.2) is 4.98 Å². The summed E-state index contributed by atoms with van der Waals surface area (Å²) in [6, 6.07) is 4.34. The van der Waals surface area contributed by atoms with Crippen LogP contribution in [0.1, 0.15) is 24.6 Å². The van der Waals surface area contributed by atoms with E-state index in [9.17, 15) is 0 Å². The van der Waals surface area contributed by atoms with Gasteiger partial charge >= 0.3 is 0 Å². The molecule has 1 aromatic heterocycles. The molecule has 1 aliphatic heterocycles. The van der Waals surface area contributed by atoms with E-state index in [0.717, 1.165) is 37.1 Å². The summed E-state index contributed by atoms with van der Waals surface area (Å²) in [7, 11) is 1.97. The summed E-state index contributed by atoms with van der Waals surface area (Å²) in [6.07, 6.45) is 1.29. The molecule has 2 heterocycles. The monoisotopic (exact) mass is 219 g/mol. The SMILES string of the molecule is CNCc1ccc(N2CCC(C)C2)nc1C. The Morgan fingerprint density at radius 1 is 1.50 bits per heavy atom. The molecule has 3 nitrogen and oxygen atoms in total. The van der Waals surface area contributed by atoms with E-state index in [2.05, 4.69) is 36.2 Å². The van der Waals surface area contributed by atoms with Gasteiger partial charge in [-0.15, -0.1) is 0 Å². The predicted molar refractivity (Wildman–Crippen MR) is 67.7 cm³/mol. The van der Waals surface area contributed by atoms with Crippen molar-refractivity contribution in [1.82, 2.24) is 10.3 Å². The van der Waals surface area contributed by atoms with Crippen LogP contribution < -0.4 is 10.2 Å². The lowest BCUT2D eigenvalue weighted by atomic mass is 10.2. The molecule has 0 spiro atoms. The minimum Gasteiger partial charge on any atom is -0.356 e. The van der Waals surface area contributed by atoms with E-state index in [-0.39, 0.29) is 0 Å². The van der Waals surface area contributed by atoms with E-state index in [4.69, 9.17) is 4.98 Å². The molecule has 0 saturated carbocycles. The molecular formula is C13H21N3. The van der Waals surface area contributed by atoms with E-state index < -0.39 is 0 Å². The molecule has 1 fully saturated rings. The van der Waals surface area contributed by atoms with Gasteiger partial charge in [0.1, 0.15) is 5.82 Å². The van der Waals surface area contributed by atoms with Crippen LogP contribution in [0.2, 0.25) is 0 Å². The maximum Gasteiger partial charge on any atom is 0.128 e. The van der Waals surface area contributed by atoms with Crippen molar-refractivity contribution in [3.05, 3.63) is 23.4 Å². The van der Waals surface area contributed by atoms with Gasteiger partial charge in [-0.2, -0.15) is 0 Å². The third-order valence-corrected chi connectivity index (χ3v) is 3.30. The number of aryl methyl sites for hydroxylation is 1. The zero-order valence-corrected chi connectivity index (χ0v) is 10.5. The number of hydrogen-bond acceptors (Lipinski definition) is 3. The van der Waals surface area contributed by atoms with Crippen molar-refractivity contribution < 1.29 is 0 Å². The Kier molecular flexibility index (Phi) is 3.44. The van der Waals surface area contributed by atoms with Crippen LogP contribution in [0.25, 0.3) is 0 Å². The summed E-state index contributed by atoms with van der Waals surface area (Å²) in [5, 5.41) is 3.17. The maximum atomic E-state index is 4.69. The van der Waals surface area contributed by atoms with Gasteiger partial charge in [0.2, 0.25) is 0 Å². The summed E-state index contributed by atoms with van der Waals surface area (Å²) >= 11 is 0. The van der Waals surface area contributed by atoms with Gasteiger partial charge in [0, 0.05) is 25.3 Å². The molecule has 0 radical (unpaired) electrons. The molecule has 1 aromatic rings. The van der Waals surface area contributed by atoms with E-state index in [0.29, 0.717) is 0 Å². The second-order valence-corrected chi connectivity index (χ2v) is 4.78. The van der Waals surface area contributed by atoms with Crippen LogP contribution >= 0.6 is 0 Å². The van der Waals surface area contributed by atoms with Crippen molar-refractivity contribution in [3.63, 3.8) is 0 Å². The van der Waals surface area contributed by atoms with Crippen LogP contribution in [-0.2, 0) is 6.54 Å². The molecule has 1 saturated heterocycles. The molecule has 3 heteroatoms. The van der Waals surface area contributed by atoms with Gasteiger partial charge < -0.3 is 10.2 Å². The standard InChI is InChI=1S/C13H21N3/c1-10-6-7-16(9-10)13-5-4-12(8-14-3)11(2)15-13/h4-5,10,14H,6-9H2,1-3H3. The molecule has 0 aliphatic carbocycles. The average molecular weight is 219 g/mol. The first-order valence-corrected chi connectivity index (χ1v) is 6.06. The second-order valence-electron chi connectivity index (χ2n) is 4.78. The first-order valence-electron chi connectivity index (χ1n) is 6.06. The Morgan fingerprint density at radius 2 is 2.31 bits per heavy atom. The minimum absolute atomic E-state index is 0.805. The lowest BCUT2D eigenvalue weighted by molar-refractivity contribution is 0.658. The van der Waals surface area contributed by atoms with Crippen molar-refractivity contribution >= 4 is 5.82 Å². The quantitative estimate of drug-likeness (QED) is 0.842. The summed E-state index contributed by atoms with van der Waals surface area (Å²) in [5.74, 6) is 1.95. The number of pyridine rings is 1. The Hall–Kier alpha value is -1.09. The Bertz CT molecular complexity index is 362. The molecule has 0 aromatic carbocycles. The van der Waals surface area contributed by atoms with Crippen LogP contribution in [0.4, 0.5) is 5.82 Å². The highest BCUT2D eigenvalue weighted by molar-refractivity contribution is 5.42. The molecule has 0 amide bonds. The molecule has 1 aliphatic rings. The van der Waals surface area contributed by atoms with Gasteiger partial charge in [-0.1, -0.05) is 13.0 Å². The zero-order chi connectivity index (χ0) is 11.5. The molecule has 88 valence electrons. The largest absolute Gasteiger partial charge is 0.356 e. The molecular weight excluding hydrogens is 198 g/mol. The average Bonchev–Trinajstić information content (AvgIpc) is 2.68. The third-order valence-electron chi connectivity index (χ3n) is 3.30. The lowest BCUT2D eigenvalue weighted by Crippen LogP contribution is -2.21. The number of anilines is 1. The van der Waals surface area contributed by atoms with Gasteiger partial charge in [0.05, 0.1) is 0 Å². The minimum atomic E-state index is 0.805. The van der Waals surface area contributed by atoms with Crippen molar-refractivity contribution in [3.8, 4) is 0 Å². The van der Waals surface area contributed by atoms with Crippen molar-refractivity contribution in [2.75, 3.05) is 25.0 Å². The predicted octanol–water partition coefficient (Wildman–Crippen LogP) is 1.96. The van der Waals surface area contributed by atoms with Gasteiger partial charge in [-0.05, 0) is 37.9 Å². The fourth-order valence-corrected chi connectivity index (χ4v) is 2.27. The Morgan fingerprint density at radius 3 is 2.88 bits per heavy atom. The van der Waals surface area contributed by atoms with Crippen LogP contribution in [0.3, 0.4) is 0 Å². The molecule has 1 unspecified atom stereocenters. The fraction of sp³-hybridized carbons (Fsp3) is 0.615. The third kappa shape index (κ3) is 2.35. The maximum absolute atomic E-state index is 4.69. The van der Waals surface area contributed by atoms with E-state index in [1.807, 2.05) is 7.05 Å². The molecule has 16 heavy (non-hydrogen) atoms. The summed E-state index contributed by atoms with van der Waals surface area (Å²) in [5.41, 5.74) is 2.44. The summed E-state index contributed by atoms with van der Waals surface area (Å²) in [4.78, 5) is 7.08. The first-order chi connectivity index (χ1) is 7.70. The normalized spacial score (nSPS) is 20.4. The topological polar surface area (TPSA) is 28.2 Å². The van der Waals surface area contributed by atoms with E-state index in [1.54, 1.807) is 0 Å². The number of nitrogens with one attached hydrogen (secondary N) is 1. The number of hydrogen-bond donors (Lipinski definition) is 1. The summed E-state index contributed by atoms with van der Waals surface area (Å²) < 4.78 is 0. The number of nitrogens with zero attached hydrogens (tertiary/aromatic N) is 2. The van der Waals surface area contributed by atoms with Gasteiger partial charge in [-0.3, -0.25) is 0 Å². The van der Waals surface area contributed by atoms with Crippen LogP contribution in [-0.4, -0.2) is 25.1 Å². The highest BCUT2D eigenvalue weighted by Crippen LogP contribution is 2.22. The van der Waals surface area contributed by atoms with E-state index in [1.165, 1.54) is 12.0 Å². The van der Waals surface area contributed by atoms with Crippen molar-refractivity contribution in [2.24, 2.45) is 5.92 Å². The first kappa shape index (κ1) is 11.4. The van der Waals surface area contributed by atoms with Crippen LogP contribution in [0.15, 0.2) is 12.1 Å². The number of rotatable bonds is 3. The fourth-order valence-electron chi connectivity index (χ4n) is 2.27. The summed E-state index contributed by atoms with van der Waals surface area (Å²) in [6.45, 7) is 7.60. The second kappa shape index (κ2) is 4.83. The highest BCUT2D eigenvalue weighted by atomic mass is 15.2. The highest BCUT2D eigenvalue weighted by Gasteiger charge is 2.19. The van der Waals surface area contributed by atoms with Crippen molar-refractivity contribution in [1.29, 1.82) is 0 Å². The molecule has 2 rings (SSSR count). The molecule has 1 N–H and O–H groups in total. The zero-order valence-electron chi connectivity index (χ0n) is 10.5. The van der Waals surface area contributed by atoms with Crippen molar-refractivity contribution in [2.45, 2.75) is 26.8 Å². The lowest BCUT2D eigenvalue weighted by Gasteiger charge is -2.18. The Balaban J connectivity index is 2.14. The van der Waals surface area contributed by atoms with Crippen LogP contribution in [0, 0.1) is 12.8 Å². The van der Waals surface area contributed by atoms with E-state index >= 15 is 0 Å². The van der Waals surface area contributed by atoms with Crippen LogP contribution in [0.5, 0.6) is 0 Å². The smallest absolute Gasteiger partial charge is 0.128 e. The van der Waals surface area contributed by atoms with Gasteiger partial charge in [0.25, 0.3) is 0 Å². The number of aromatic nitrogens is 1.